The fraction of sp³-hybridized carbons (Fsp3) is 0.727. The number of hydrogen-bond donors (Lipinski definition) is 0. The average Bonchev–Trinajstić information content (AvgIpc) is 2.90. The maximum atomic E-state index is 11.0. The molecule has 0 bridgehead atoms. The molecule has 0 aliphatic carbocycles. The summed E-state index contributed by atoms with van der Waals surface area (Å²) in [5, 5.41) is 0. The van der Waals surface area contributed by atoms with Crippen LogP contribution >= 0.6 is 0 Å². The van der Waals surface area contributed by atoms with Gasteiger partial charge in [0.15, 0.2) is 0 Å². The van der Waals surface area contributed by atoms with Crippen LogP contribution in [0, 0.1) is 0 Å². The van der Waals surface area contributed by atoms with Crippen molar-refractivity contribution in [2.45, 2.75) is 45.3 Å². The first-order valence-electron chi connectivity index (χ1n) is 5.13. The highest BCUT2D eigenvalue weighted by molar-refractivity contribution is 5.86. The first-order valence-corrected chi connectivity index (χ1v) is 5.13. The van der Waals surface area contributed by atoms with E-state index in [2.05, 4.69) is 13.5 Å². The van der Waals surface area contributed by atoms with Crippen LogP contribution in [0.15, 0.2) is 12.2 Å². The summed E-state index contributed by atoms with van der Waals surface area (Å²) in [6.07, 6.45) is 3.80. The first kappa shape index (κ1) is 11.2. The third-order valence-electron chi connectivity index (χ3n) is 2.30. The largest absolute Gasteiger partial charge is 0.462 e. The molecule has 3 heteroatoms. The average molecular weight is 198 g/mol. The highest BCUT2D eigenvalue weighted by Gasteiger charge is 2.35. The van der Waals surface area contributed by atoms with Gasteiger partial charge in [0.2, 0.25) is 0 Å². The summed E-state index contributed by atoms with van der Waals surface area (Å²) in [6, 6.07) is 0. The Morgan fingerprint density at radius 3 is 2.71 bits per heavy atom. The van der Waals surface area contributed by atoms with Crippen LogP contribution < -0.4 is 0 Å². The van der Waals surface area contributed by atoms with Gasteiger partial charge in [0.05, 0.1) is 18.8 Å². The van der Waals surface area contributed by atoms with Crippen molar-refractivity contribution >= 4 is 5.97 Å². The Bertz CT molecular complexity index is 223. The predicted octanol–water partition coefficient (Wildman–Crippen LogP) is 2.06. The Morgan fingerprint density at radius 2 is 2.21 bits per heavy atom. The molecule has 0 aromatic rings. The smallest absolute Gasteiger partial charge is 0.333 e. The third-order valence-corrected chi connectivity index (χ3v) is 2.30. The van der Waals surface area contributed by atoms with Crippen LogP contribution in [0.2, 0.25) is 0 Å². The number of carbonyl (C=O) groups excluding carboxylic acids is 1. The van der Waals surface area contributed by atoms with E-state index in [9.17, 15) is 4.79 Å². The van der Waals surface area contributed by atoms with Crippen molar-refractivity contribution in [3.05, 3.63) is 12.2 Å². The summed E-state index contributed by atoms with van der Waals surface area (Å²) < 4.78 is 10.3. The lowest BCUT2D eigenvalue weighted by Gasteiger charge is -2.02. The van der Waals surface area contributed by atoms with Crippen molar-refractivity contribution in [3.8, 4) is 0 Å². The summed E-state index contributed by atoms with van der Waals surface area (Å²) in [4.78, 5) is 11.0. The lowest BCUT2D eigenvalue weighted by Crippen LogP contribution is -2.07. The Hall–Kier alpha value is -0.830. The van der Waals surface area contributed by atoms with E-state index in [4.69, 9.17) is 9.47 Å². The zero-order chi connectivity index (χ0) is 10.6. The number of esters is 1. The lowest BCUT2D eigenvalue weighted by molar-refractivity contribution is -0.139. The molecule has 0 spiro atoms. The van der Waals surface area contributed by atoms with Gasteiger partial charge in [-0.2, -0.15) is 0 Å². The molecule has 14 heavy (non-hydrogen) atoms. The Morgan fingerprint density at radius 1 is 1.50 bits per heavy atom. The molecule has 0 radical (unpaired) electrons. The van der Waals surface area contributed by atoms with Gasteiger partial charge in [-0.1, -0.05) is 13.5 Å². The van der Waals surface area contributed by atoms with Crippen LogP contribution in [0.4, 0.5) is 0 Å². The molecular formula is C11H18O3. The molecule has 3 nitrogen and oxygen atoms in total. The molecule has 1 rings (SSSR count). The van der Waals surface area contributed by atoms with Gasteiger partial charge in [0.25, 0.3) is 0 Å². The van der Waals surface area contributed by atoms with Crippen LogP contribution in [0.3, 0.4) is 0 Å². The molecule has 1 fully saturated rings. The fourth-order valence-electron chi connectivity index (χ4n) is 1.36. The normalized spacial score (nSPS) is 24.4. The van der Waals surface area contributed by atoms with E-state index in [1.807, 2.05) is 0 Å². The van der Waals surface area contributed by atoms with Crippen LogP contribution in [-0.4, -0.2) is 24.8 Å². The molecule has 2 atom stereocenters. The van der Waals surface area contributed by atoms with E-state index in [1.165, 1.54) is 0 Å². The molecule has 1 aliphatic heterocycles. The van der Waals surface area contributed by atoms with Crippen LogP contribution in [0.1, 0.15) is 33.1 Å². The van der Waals surface area contributed by atoms with Gasteiger partial charge in [0, 0.05) is 5.57 Å². The summed E-state index contributed by atoms with van der Waals surface area (Å²) in [7, 11) is 0. The zero-order valence-corrected chi connectivity index (χ0v) is 8.91. The topological polar surface area (TPSA) is 38.8 Å². The second-order valence-electron chi connectivity index (χ2n) is 3.68. The van der Waals surface area contributed by atoms with E-state index in [1.54, 1.807) is 6.92 Å². The van der Waals surface area contributed by atoms with Gasteiger partial charge in [-0.3, -0.25) is 0 Å². The lowest BCUT2D eigenvalue weighted by atomic mass is 10.2. The highest BCUT2D eigenvalue weighted by Crippen LogP contribution is 2.28. The summed E-state index contributed by atoms with van der Waals surface area (Å²) in [6.45, 7) is 7.75. The molecule has 0 aromatic carbocycles. The van der Waals surface area contributed by atoms with E-state index in [0.717, 1.165) is 19.3 Å². The molecule has 0 aromatic heterocycles. The molecule has 2 unspecified atom stereocenters. The molecular weight excluding hydrogens is 180 g/mol. The Kier molecular flexibility index (Phi) is 4.14. The van der Waals surface area contributed by atoms with E-state index in [0.29, 0.717) is 24.4 Å². The van der Waals surface area contributed by atoms with Gasteiger partial charge in [-0.25, -0.2) is 4.79 Å². The third kappa shape index (κ3) is 3.50. The van der Waals surface area contributed by atoms with E-state index >= 15 is 0 Å². The van der Waals surface area contributed by atoms with E-state index < -0.39 is 0 Å². The summed E-state index contributed by atoms with van der Waals surface area (Å²) >= 11 is 0. The van der Waals surface area contributed by atoms with Crippen molar-refractivity contribution in [2.24, 2.45) is 0 Å². The fourth-order valence-corrected chi connectivity index (χ4v) is 1.36. The number of carbonyl (C=O) groups is 1. The standard InChI is InChI=1S/C11H18O3/c1-4-9-10(14-9)6-5-7-13-11(12)8(2)3/h9-10H,2,4-7H2,1,3H3. The maximum Gasteiger partial charge on any atom is 0.333 e. The van der Waals surface area contributed by atoms with Gasteiger partial charge in [-0.15, -0.1) is 0 Å². The van der Waals surface area contributed by atoms with Crippen molar-refractivity contribution in [3.63, 3.8) is 0 Å². The molecule has 0 N–H and O–H groups in total. The Labute approximate surface area is 85.1 Å². The summed E-state index contributed by atoms with van der Waals surface area (Å²) in [5.74, 6) is -0.297. The number of ether oxygens (including phenoxy) is 2. The quantitative estimate of drug-likeness (QED) is 0.284. The van der Waals surface area contributed by atoms with Crippen LogP contribution in [0.5, 0.6) is 0 Å². The van der Waals surface area contributed by atoms with E-state index in [-0.39, 0.29) is 5.97 Å². The monoisotopic (exact) mass is 198 g/mol. The molecule has 1 aliphatic rings. The second-order valence-corrected chi connectivity index (χ2v) is 3.68. The van der Waals surface area contributed by atoms with Gasteiger partial charge < -0.3 is 9.47 Å². The van der Waals surface area contributed by atoms with Crippen LogP contribution in [0.25, 0.3) is 0 Å². The van der Waals surface area contributed by atoms with Crippen molar-refractivity contribution in [1.82, 2.24) is 0 Å². The molecule has 80 valence electrons. The second kappa shape index (κ2) is 5.15. The van der Waals surface area contributed by atoms with Crippen molar-refractivity contribution < 1.29 is 14.3 Å². The minimum absolute atomic E-state index is 0.297. The molecule has 1 heterocycles. The minimum atomic E-state index is -0.297. The first-order chi connectivity index (χ1) is 6.65. The highest BCUT2D eigenvalue weighted by atomic mass is 16.6. The molecule has 1 saturated heterocycles. The maximum absolute atomic E-state index is 11.0. The Balaban J connectivity index is 1.95. The number of rotatable bonds is 6. The van der Waals surface area contributed by atoms with Gasteiger partial charge in [0.1, 0.15) is 0 Å². The molecule has 0 saturated carbocycles. The van der Waals surface area contributed by atoms with Crippen molar-refractivity contribution in [2.75, 3.05) is 6.61 Å². The number of epoxide rings is 1. The summed E-state index contributed by atoms with van der Waals surface area (Å²) in [5.41, 5.74) is 0.458. The number of hydrogen-bond acceptors (Lipinski definition) is 3. The zero-order valence-electron chi connectivity index (χ0n) is 8.91. The van der Waals surface area contributed by atoms with Gasteiger partial charge >= 0.3 is 5.97 Å². The SMILES string of the molecule is C=C(C)C(=O)OCCCC1OC1CC. The minimum Gasteiger partial charge on any atom is -0.462 e. The van der Waals surface area contributed by atoms with Crippen LogP contribution in [-0.2, 0) is 14.3 Å². The van der Waals surface area contributed by atoms with Gasteiger partial charge in [-0.05, 0) is 26.2 Å². The molecule has 0 amide bonds. The van der Waals surface area contributed by atoms with Crippen molar-refractivity contribution in [1.29, 1.82) is 0 Å². The predicted molar refractivity (Wildman–Crippen MR) is 54.0 cm³/mol.